The Bertz CT molecular complexity index is 394. The maximum Gasteiger partial charge on any atom is 0.194 e. The van der Waals surface area contributed by atoms with Crippen molar-refractivity contribution in [1.29, 1.82) is 0 Å². The summed E-state index contributed by atoms with van der Waals surface area (Å²) in [7, 11) is 0. The van der Waals surface area contributed by atoms with Crippen molar-refractivity contribution in [3.63, 3.8) is 0 Å². The first-order valence-electron chi connectivity index (χ1n) is 7.88. The van der Waals surface area contributed by atoms with Crippen LogP contribution in [0, 0.1) is 0 Å². The van der Waals surface area contributed by atoms with Gasteiger partial charge in [-0.15, -0.1) is 0 Å². The fraction of sp³-hybridized carbons (Fsp3) is 0.688. The maximum atomic E-state index is 5.36. The number of aliphatic imine (C=N–C) groups is 1. The van der Waals surface area contributed by atoms with E-state index < -0.39 is 0 Å². The second-order valence-electron chi connectivity index (χ2n) is 5.54. The summed E-state index contributed by atoms with van der Waals surface area (Å²) in [6, 6.07) is 4.42. The van der Waals surface area contributed by atoms with Crippen LogP contribution >= 0.6 is 0 Å². The average Bonchev–Trinajstić information content (AvgIpc) is 3.00. The highest BCUT2D eigenvalue weighted by Gasteiger charge is 2.15. The van der Waals surface area contributed by atoms with Crippen molar-refractivity contribution < 1.29 is 4.42 Å². The molecule has 0 aliphatic carbocycles. The third kappa shape index (κ3) is 4.58. The minimum atomic E-state index is 0.472. The fourth-order valence-corrected chi connectivity index (χ4v) is 2.39. The average molecular weight is 277 g/mol. The van der Waals surface area contributed by atoms with E-state index in [1.54, 1.807) is 6.26 Å². The monoisotopic (exact) mass is 277 g/mol. The first-order chi connectivity index (χ1) is 9.79. The van der Waals surface area contributed by atoms with Crippen LogP contribution in [0.25, 0.3) is 0 Å². The molecule has 0 radical (unpaired) electrons. The first-order valence-corrected chi connectivity index (χ1v) is 7.88. The molecule has 112 valence electrons. The van der Waals surface area contributed by atoms with Crippen LogP contribution in [-0.4, -0.2) is 36.5 Å². The molecule has 0 aromatic carbocycles. The predicted molar refractivity (Wildman–Crippen MR) is 83.0 cm³/mol. The minimum absolute atomic E-state index is 0.472. The summed E-state index contributed by atoms with van der Waals surface area (Å²) < 4.78 is 5.36. The number of rotatable bonds is 5. The Hall–Kier alpha value is -1.45. The van der Waals surface area contributed by atoms with Crippen molar-refractivity contribution in [3.8, 4) is 0 Å². The highest BCUT2D eigenvalue weighted by atomic mass is 16.3. The molecular formula is C16H27N3O. The molecular weight excluding hydrogens is 250 g/mol. The zero-order chi connectivity index (χ0) is 14.2. The van der Waals surface area contributed by atoms with E-state index in [0.717, 1.165) is 44.2 Å². The van der Waals surface area contributed by atoms with Crippen LogP contribution in [0.4, 0.5) is 0 Å². The highest BCUT2D eigenvalue weighted by molar-refractivity contribution is 5.80. The molecule has 0 bridgehead atoms. The van der Waals surface area contributed by atoms with E-state index in [1.165, 1.54) is 19.3 Å². The molecule has 0 saturated carbocycles. The molecule has 1 aliphatic rings. The number of hydrogen-bond acceptors (Lipinski definition) is 2. The molecule has 20 heavy (non-hydrogen) atoms. The van der Waals surface area contributed by atoms with Crippen molar-refractivity contribution >= 4 is 5.96 Å². The zero-order valence-corrected chi connectivity index (χ0v) is 12.8. The van der Waals surface area contributed by atoms with Crippen LogP contribution in [0.15, 0.2) is 27.8 Å². The smallest absolute Gasteiger partial charge is 0.194 e. The van der Waals surface area contributed by atoms with Gasteiger partial charge in [-0.1, -0.05) is 6.92 Å². The highest BCUT2D eigenvalue weighted by Crippen LogP contribution is 2.10. The van der Waals surface area contributed by atoms with Crippen LogP contribution in [0.1, 0.15) is 45.3 Å². The number of piperidine rings is 1. The van der Waals surface area contributed by atoms with Crippen molar-refractivity contribution in [2.75, 3.05) is 19.6 Å². The Morgan fingerprint density at radius 1 is 1.40 bits per heavy atom. The molecule has 0 spiro atoms. The number of furan rings is 1. The molecule has 1 aromatic heterocycles. The molecule has 1 aromatic rings. The van der Waals surface area contributed by atoms with E-state index in [9.17, 15) is 0 Å². The lowest BCUT2D eigenvalue weighted by atomic mass is 10.1. The summed E-state index contributed by atoms with van der Waals surface area (Å²) in [5, 5.41) is 3.56. The third-order valence-corrected chi connectivity index (χ3v) is 3.84. The van der Waals surface area contributed by atoms with E-state index in [-0.39, 0.29) is 0 Å². The lowest BCUT2D eigenvalue weighted by Crippen LogP contribution is -2.47. The Balaban J connectivity index is 1.92. The van der Waals surface area contributed by atoms with Crippen molar-refractivity contribution in [2.45, 2.75) is 52.0 Å². The fourth-order valence-electron chi connectivity index (χ4n) is 2.39. The van der Waals surface area contributed by atoms with Gasteiger partial charge in [-0.25, -0.2) is 0 Å². The summed E-state index contributed by atoms with van der Waals surface area (Å²) >= 11 is 0. The van der Waals surface area contributed by atoms with Gasteiger partial charge in [-0.05, 0) is 44.7 Å². The molecule has 4 heteroatoms. The predicted octanol–water partition coefficient (Wildman–Crippen LogP) is 3.05. The van der Waals surface area contributed by atoms with Gasteiger partial charge in [0.2, 0.25) is 0 Å². The van der Waals surface area contributed by atoms with E-state index in [2.05, 4.69) is 24.1 Å². The number of hydrogen-bond donors (Lipinski definition) is 1. The van der Waals surface area contributed by atoms with Gasteiger partial charge in [0, 0.05) is 32.1 Å². The molecule has 1 atom stereocenters. The number of likely N-dealkylation sites (tertiary alicyclic amines) is 1. The first kappa shape index (κ1) is 14.9. The van der Waals surface area contributed by atoms with Crippen LogP contribution in [-0.2, 0) is 6.42 Å². The lowest BCUT2D eigenvalue weighted by Gasteiger charge is -2.31. The van der Waals surface area contributed by atoms with E-state index >= 15 is 0 Å². The largest absolute Gasteiger partial charge is 0.469 e. The SMILES string of the molecule is CCC(C)NC(=NCCc1ccco1)N1CCCCC1. The van der Waals surface area contributed by atoms with E-state index in [4.69, 9.17) is 9.41 Å². The number of nitrogens with zero attached hydrogens (tertiary/aromatic N) is 2. The van der Waals surface area contributed by atoms with Crippen LogP contribution in [0.3, 0.4) is 0 Å². The Morgan fingerprint density at radius 3 is 2.85 bits per heavy atom. The molecule has 1 unspecified atom stereocenters. The van der Waals surface area contributed by atoms with Gasteiger partial charge in [-0.2, -0.15) is 0 Å². The van der Waals surface area contributed by atoms with Gasteiger partial charge in [0.1, 0.15) is 5.76 Å². The summed E-state index contributed by atoms with van der Waals surface area (Å²) in [5.41, 5.74) is 0. The molecule has 1 saturated heterocycles. The quantitative estimate of drug-likeness (QED) is 0.664. The van der Waals surface area contributed by atoms with Gasteiger partial charge in [0.05, 0.1) is 6.26 Å². The maximum absolute atomic E-state index is 5.36. The molecule has 1 N–H and O–H groups in total. The Morgan fingerprint density at radius 2 is 2.20 bits per heavy atom. The van der Waals surface area contributed by atoms with Gasteiger partial charge in [0.25, 0.3) is 0 Å². The van der Waals surface area contributed by atoms with Gasteiger partial charge in [0.15, 0.2) is 5.96 Å². The van der Waals surface area contributed by atoms with Crippen LogP contribution in [0.5, 0.6) is 0 Å². The number of nitrogens with one attached hydrogen (secondary N) is 1. The Kier molecular flexibility index (Phi) is 5.96. The summed E-state index contributed by atoms with van der Waals surface area (Å²) in [6.07, 6.45) is 7.61. The van der Waals surface area contributed by atoms with Crippen molar-refractivity contribution in [3.05, 3.63) is 24.2 Å². The van der Waals surface area contributed by atoms with E-state index in [1.807, 2.05) is 12.1 Å². The van der Waals surface area contributed by atoms with Crippen molar-refractivity contribution in [2.24, 2.45) is 4.99 Å². The van der Waals surface area contributed by atoms with Gasteiger partial charge in [-0.3, -0.25) is 4.99 Å². The standard InChI is InChI=1S/C16H27N3O/c1-3-14(2)18-16(19-11-5-4-6-12-19)17-10-9-15-8-7-13-20-15/h7-8,13-14H,3-6,9-12H2,1-2H3,(H,17,18). The topological polar surface area (TPSA) is 40.8 Å². The van der Waals surface area contributed by atoms with E-state index in [0.29, 0.717) is 6.04 Å². The Labute approximate surface area is 122 Å². The van der Waals surface area contributed by atoms with Crippen LogP contribution < -0.4 is 5.32 Å². The summed E-state index contributed by atoms with van der Waals surface area (Å²) in [4.78, 5) is 7.18. The second-order valence-corrected chi connectivity index (χ2v) is 5.54. The third-order valence-electron chi connectivity index (χ3n) is 3.84. The summed E-state index contributed by atoms with van der Waals surface area (Å²) in [5.74, 6) is 2.08. The molecule has 4 nitrogen and oxygen atoms in total. The minimum Gasteiger partial charge on any atom is -0.469 e. The molecule has 1 fully saturated rings. The van der Waals surface area contributed by atoms with Gasteiger partial charge < -0.3 is 14.6 Å². The summed E-state index contributed by atoms with van der Waals surface area (Å²) in [6.45, 7) is 7.45. The van der Waals surface area contributed by atoms with Gasteiger partial charge >= 0.3 is 0 Å². The molecule has 0 amide bonds. The lowest BCUT2D eigenvalue weighted by molar-refractivity contribution is 0.327. The zero-order valence-electron chi connectivity index (χ0n) is 12.8. The normalized spacial score (nSPS) is 18.1. The van der Waals surface area contributed by atoms with Crippen molar-refractivity contribution in [1.82, 2.24) is 10.2 Å². The molecule has 1 aliphatic heterocycles. The second kappa shape index (κ2) is 7.98. The molecule has 2 heterocycles. The number of guanidine groups is 1. The molecule has 2 rings (SSSR count). The van der Waals surface area contributed by atoms with Crippen LogP contribution in [0.2, 0.25) is 0 Å².